The minimum Gasteiger partial charge on any atom is -0.206 e. The van der Waals surface area contributed by atoms with Crippen LogP contribution in [0, 0.1) is 23.7 Å². The molecule has 2 aliphatic rings. The molecule has 0 atom stereocenters. The SMILES string of the molecule is CCC/C=C/C1CCC(C2CCC(C(F)=C(F)F)CC2)CC1. The van der Waals surface area contributed by atoms with E-state index in [1.807, 2.05) is 0 Å². The van der Waals surface area contributed by atoms with Crippen LogP contribution < -0.4 is 0 Å². The summed E-state index contributed by atoms with van der Waals surface area (Å²) in [4.78, 5) is 0. The first-order valence-electron chi connectivity index (χ1n) is 8.99. The summed E-state index contributed by atoms with van der Waals surface area (Å²) >= 11 is 0. The third-order valence-electron chi connectivity index (χ3n) is 5.66. The third-order valence-corrected chi connectivity index (χ3v) is 5.66. The van der Waals surface area contributed by atoms with Gasteiger partial charge in [-0.1, -0.05) is 25.5 Å². The van der Waals surface area contributed by atoms with Crippen LogP contribution in [0.4, 0.5) is 13.2 Å². The maximum absolute atomic E-state index is 13.3. The van der Waals surface area contributed by atoms with Crippen LogP contribution >= 0.6 is 0 Å². The van der Waals surface area contributed by atoms with Crippen LogP contribution in [0.1, 0.15) is 71.1 Å². The molecule has 0 aliphatic heterocycles. The molecule has 3 heteroatoms. The van der Waals surface area contributed by atoms with Crippen molar-refractivity contribution in [3.63, 3.8) is 0 Å². The molecule has 0 aromatic carbocycles. The van der Waals surface area contributed by atoms with Gasteiger partial charge in [-0.05, 0) is 75.5 Å². The minimum absolute atomic E-state index is 0.519. The zero-order valence-electron chi connectivity index (χ0n) is 13.7. The number of rotatable bonds is 5. The molecule has 2 fully saturated rings. The van der Waals surface area contributed by atoms with Gasteiger partial charge in [-0.25, -0.2) is 4.39 Å². The summed E-state index contributed by atoms with van der Waals surface area (Å²) in [7, 11) is 0. The van der Waals surface area contributed by atoms with E-state index in [1.165, 1.54) is 38.5 Å². The van der Waals surface area contributed by atoms with E-state index in [1.54, 1.807) is 0 Å². The standard InChI is InChI=1S/C19H29F3/c1-2-3-4-5-14-6-8-15(9-7-14)16-10-12-17(13-11-16)18(20)19(21)22/h4-5,14-17H,2-3,6-13H2,1H3/b5-4+. The van der Waals surface area contributed by atoms with Crippen molar-refractivity contribution in [3.8, 4) is 0 Å². The fourth-order valence-electron chi connectivity index (χ4n) is 4.26. The van der Waals surface area contributed by atoms with Crippen molar-refractivity contribution in [1.82, 2.24) is 0 Å². The number of allylic oxidation sites excluding steroid dienone is 3. The van der Waals surface area contributed by atoms with Crippen LogP contribution in [0.2, 0.25) is 0 Å². The molecule has 0 N–H and O–H groups in total. The highest BCUT2D eigenvalue weighted by Gasteiger charge is 2.32. The molecule has 2 saturated carbocycles. The van der Waals surface area contributed by atoms with Crippen molar-refractivity contribution in [2.24, 2.45) is 23.7 Å². The normalized spacial score (nSPS) is 33.1. The summed E-state index contributed by atoms with van der Waals surface area (Å²) in [6.07, 6.45) is 13.1. The summed E-state index contributed by atoms with van der Waals surface area (Å²) in [6.45, 7) is 2.20. The lowest BCUT2D eigenvalue weighted by atomic mass is 9.69. The summed E-state index contributed by atoms with van der Waals surface area (Å²) in [5.41, 5.74) is 0. The highest BCUT2D eigenvalue weighted by molar-refractivity contribution is 5.00. The van der Waals surface area contributed by atoms with Gasteiger partial charge in [0.25, 0.3) is 0 Å². The molecule has 22 heavy (non-hydrogen) atoms. The molecule has 0 aromatic rings. The Labute approximate surface area is 132 Å². The maximum Gasteiger partial charge on any atom is 0.301 e. The Bertz CT molecular complexity index is 379. The molecule has 2 rings (SSSR count). The summed E-state index contributed by atoms with van der Waals surface area (Å²) < 4.78 is 38.0. The van der Waals surface area contributed by atoms with Gasteiger partial charge in [0.15, 0.2) is 5.83 Å². The van der Waals surface area contributed by atoms with E-state index in [0.29, 0.717) is 18.8 Å². The van der Waals surface area contributed by atoms with E-state index in [9.17, 15) is 13.2 Å². The Hall–Kier alpha value is -0.730. The highest BCUT2D eigenvalue weighted by atomic mass is 19.3. The van der Waals surface area contributed by atoms with Crippen molar-refractivity contribution in [2.75, 3.05) is 0 Å². The van der Waals surface area contributed by atoms with Gasteiger partial charge >= 0.3 is 6.08 Å². The van der Waals surface area contributed by atoms with Gasteiger partial charge in [0, 0.05) is 5.92 Å². The van der Waals surface area contributed by atoms with E-state index in [4.69, 9.17) is 0 Å². The molecule has 0 spiro atoms. The molecule has 0 aromatic heterocycles. The van der Waals surface area contributed by atoms with E-state index < -0.39 is 17.8 Å². The first-order valence-corrected chi connectivity index (χ1v) is 8.99. The van der Waals surface area contributed by atoms with Crippen LogP contribution in [-0.4, -0.2) is 0 Å². The highest BCUT2D eigenvalue weighted by Crippen LogP contribution is 2.43. The molecule has 0 amide bonds. The molecule has 126 valence electrons. The van der Waals surface area contributed by atoms with E-state index in [2.05, 4.69) is 19.1 Å². The smallest absolute Gasteiger partial charge is 0.206 e. The Balaban J connectivity index is 1.74. The predicted octanol–water partition coefficient (Wildman–Crippen LogP) is 7.03. The van der Waals surface area contributed by atoms with E-state index >= 15 is 0 Å². The average Bonchev–Trinajstić information content (AvgIpc) is 2.55. The van der Waals surface area contributed by atoms with Crippen molar-refractivity contribution < 1.29 is 13.2 Å². The van der Waals surface area contributed by atoms with Crippen LogP contribution in [0.3, 0.4) is 0 Å². The van der Waals surface area contributed by atoms with Gasteiger partial charge < -0.3 is 0 Å². The Morgan fingerprint density at radius 3 is 1.91 bits per heavy atom. The van der Waals surface area contributed by atoms with Crippen molar-refractivity contribution in [1.29, 1.82) is 0 Å². The largest absolute Gasteiger partial charge is 0.301 e. The first-order chi connectivity index (χ1) is 10.6. The number of unbranched alkanes of at least 4 members (excludes halogenated alkanes) is 1. The van der Waals surface area contributed by atoms with Crippen LogP contribution in [-0.2, 0) is 0 Å². The van der Waals surface area contributed by atoms with Gasteiger partial charge in [-0.3, -0.25) is 0 Å². The maximum atomic E-state index is 13.3. The van der Waals surface area contributed by atoms with Gasteiger partial charge in [0.1, 0.15) is 0 Å². The quantitative estimate of drug-likeness (QED) is 0.478. The topological polar surface area (TPSA) is 0 Å². The summed E-state index contributed by atoms with van der Waals surface area (Å²) in [6, 6.07) is 0. The second-order valence-corrected chi connectivity index (χ2v) is 7.11. The zero-order chi connectivity index (χ0) is 15.9. The predicted molar refractivity (Wildman–Crippen MR) is 85.3 cm³/mol. The van der Waals surface area contributed by atoms with Gasteiger partial charge in [-0.2, -0.15) is 8.78 Å². The van der Waals surface area contributed by atoms with Gasteiger partial charge in [0.2, 0.25) is 0 Å². The number of halogens is 3. The van der Waals surface area contributed by atoms with E-state index in [-0.39, 0.29) is 0 Å². The monoisotopic (exact) mass is 314 g/mol. The van der Waals surface area contributed by atoms with Crippen LogP contribution in [0.25, 0.3) is 0 Å². The number of hydrogen-bond donors (Lipinski definition) is 0. The number of hydrogen-bond acceptors (Lipinski definition) is 0. The Kier molecular flexibility index (Phi) is 7.04. The lowest BCUT2D eigenvalue weighted by molar-refractivity contribution is 0.154. The second kappa shape index (κ2) is 8.79. The molecular formula is C19H29F3. The van der Waals surface area contributed by atoms with Crippen molar-refractivity contribution in [2.45, 2.75) is 71.1 Å². The lowest BCUT2D eigenvalue weighted by Crippen LogP contribution is -2.25. The molecule has 0 radical (unpaired) electrons. The first kappa shape index (κ1) is 17.6. The van der Waals surface area contributed by atoms with Crippen LogP contribution in [0.15, 0.2) is 24.1 Å². The fourth-order valence-corrected chi connectivity index (χ4v) is 4.26. The summed E-state index contributed by atoms with van der Waals surface area (Å²) in [5.74, 6) is 0.435. The van der Waals surface area contributed by atoms with Gasteiger partial charge in [0.05, 0.1) is 0 Å². The van der Waals surface area contributed by atoms with Gasteiger partial charge in [-0.15, -0.1) is 0 Å². The van der Waals surface area contributed by atoms with Crippen molar-refractivity contribution in [3.05, 3.63) is 24.1 Å². The molecule has 0 nitrogen and oxygen atoms in total. The molecule has 0 unspecified atom stereocenters. The molecule has 0 bridgehead atoms. The molecular weight excluding hydrogens is 285 g/mol. The lowest BCUT2D eigenvalue weighted by Gasteiger charge is -2.37. The Morgan fingerprint density at radius 1 is 0.864 bits per heavy atom. The molecule has 0 saturated heterocycles. The third kappa shape index (κ3) is 4.89. The van der Waals surface area contributed by atoms with E-state index in [0.717, 1.165) is 24.7 Å². The minimum atomic E-state index is -2.11. The summed E-state index contributed by atoms with van der Waals surface area (Å²) in [5, 5.41) is 0. The second-order valence-electron chi connectivity index (χ2n) is 7.11. The van der Waals surface area contributed by atoms with Crippen molar-refractivity contribution >= 4 is 0 Å². The zero-order valence-corrected chi connectivity index (χ0v) is 13.7. The molecule has 0 heterocycles. The Morgan fingerprint density at radius 2 is 1.41 bits per heavy atom. The molecule has 2 aliphatic carbocycles. The average molecular weight is 314 g/mol. The van der Waals surface area contributed by atoms with Crippen LogP contribution in [0.5, 0.6) is 0 Å². The fraction of sp³-hybridized carbons (Fsp3) is 0.789.